The third-order valence-corrected chi connectivity index (χ3v) is 4.60. The van der Waals surface area contributed by atoms with Gasteiger partial charge >= 0.3 is 0 Å². The molecule has 0 aliphatic rings. The number of ether oxygens (including phenoxy) is 3. The van der Waals surface area contributed by atoms with Gasteiger partial charge in [-0.25, -0.2) is 4.99 Å². The van der Waals surface area contributed by atoms with Crippen LogP contribution in [0.4, 0.5) is 0 Å². The quantitative estimate of drug-likeness (QED) is 0.170. The maximum atomic E-state index is 5.74. The average molecular weight is 541 g/mol. The number of hydrogen-bond donors (Lipinski definition) is 2. The third kappa shape index (κ3) is 10.7. The van der Waals surface area contributed by atoms with E-state index in [0.29, 0.717) is 6.54 Å². The zero-order valence-electron chi connectivity index (χ0n) is 18.9. The standard InChI is InChI=1S/C24H35N3O3.HI/c1-4-25-24(27-19-21-12-13-22(28-2)23(18-21)29-3)26-15-8-9-16-30-17-14-20-10-6-5-7-11-20;/h5-7,10-13,18H,4,8-9,14-17,19H2,1-3H3,(H2,25,26,27);1H. The Bertz CT molecular complexity index is 757. The molecule has 0 amide bonds. The summed E-state index contributed by atoms with van der Waals surface area (Å²) in [6, 6.07) is 16.3. The lowest BCUT2D eigenvalue weighted by atomic mass is 10.2. The van der Waals surface area contributed by atoms with Crippen LogP contribution in [0.2, 0.25) is 0 Å². The highest BCUT2D eigenvalue weighted by atomic mass is 127. The smallest absolute Gasteiger partial charge is 0.191 e. The molecule has 0 unspecified atom stereocenters. The van der Waals surface area contributed by atoms with Crippen molar-refractivity contribution in [1.82, 2.24) is 10.6 Å². The highest BCUT2D eigenvalue weighted by Crippen LogP contribution is 2.27. The number of nitrogens with zero attached hydrogens (tertiary/aromatic N) is 1. The second-order valence-electron chi connectivity index (χ2n) is 6.87. The highest BCUT2D eigenvalue weighted by molar-refractivity contribution is 14.0. The van der Waals surface area contributed by atoms with Crippen molar-refractivity contribution in [3.63, 3.8) is 0 Å². The van der Waals surface area contributed by atoms with Crippen molar-refractivity contribution in [3.8, 4) is 11.5 Å². The van der Waals surface area contributed by atoms with Gasteiger partial charge in [-0.3, -0.25) is 0 Å². The van der Waals surface area contributed by atoms with Gasteiger partial charge in [-0.15, -0.1) is 24.0 Å². The van der Waals surface area contributed by atoms with Crippen LogP contribution >= 0.6 is 24.0 Å². The summed E-state index contributed by atoms with van der Waals surface area (Å²) in [5.74, 6) is 2.26. The number of methoxy groups -OCH3 is 2. The van der Waals surface area contributed by atoms with E-state index in [-0.39, 0.29) is 24.0 Å². The molecule has 0 aromatic heterocycles. The van der Waals surface area contributed by atoms with E-state index < -0.39 is 0 Å². The van der Waals surface area contributed by atoms with Crippen molar-refractivity contribution in [1.29, 1.82) is 0 Å². The molecule has 0 bridgehead atoms. The molecule has 31 heavy (non-hydrogen) atoms. The molecule has 0 saturated carbocycles. The Morgan fingerprint density at radius 3 is 2.35 bits per heavy atom. The molecule has 0 spiro atoms. The predicted molar refractivity (Wildman–Crippen MR) is 138 cm³/mol. The molecule has 2 aromatic rings. The maximum absolute atomic E-state index is 5.74. The van der Waals surface area contributed by atoms with E-state index in [1.165, 1.54) is 5.56 Å². The number of unbranched alkanes of at least 4 members (excludes halogenated alkanes) is 1. The van der Waals surface area contributed by atoms with Crippen molar-refractivity contribution in [2.24, 2.45) is 4.99 Å². The number of aliphatic imine (C=N–C) groups is 1. The molecule has 0 aliphatic carbocycles. The van der Waals surface area contributed by atoms with Gasteiger partial charge in [-0.1, -0.05) is 36.4 Å². The van der Waals surface area contributed by atoms with Crippen LogP contribution in [0.5, 0.6) is 11.5 Å². The van der Waals surface area contributed by atoms with E-state index in [4.69, 9.17) is 14.2 Å². The minimum atomic E-state index is 0. The first kappa shape index (κ1) is 27.0. The van der Waals surface area contributed by atoms with Crippen LogP contribution in [-0.4, -0.2) is 46.5 Å². The lowest BCUT2D eigenvalue weighted by Gasteiger charge is -2.12. The first-order chi connectivity index (χ1) is 14.8. The monoisotopic (exact) mass is 541 g/mol. The van der Waals surface area contributed by atoms with Crippen LogP contribution in [0.3, 0.4) is 0 Å². The summed E-state index contributed by atoms with van der Waals surface area (Å²) < 4.78 is 16.4. The van der Waals surface area contributed by atoms with E-state index >= 15 is 0 Å². The second kappa shape index (κ2) is 16.7. The molecule has 0 saturated heterocycles. The molecule has 2 N–H and O–H groups in total. The van der Waals surface area contributed by atoms with Crippen molar-refractivity contribution >= 4 is 29.9 Å². The van der Waals surface area contributed by atoms with E-state index in [2.05, 4.69) is 46.8 Å². The largest absolute Gasteiger partial charge is 0.493 e. The summed E-state index contributed by atoms with van der Waals surface area (Å²) in [6.07, 6.45) is 3.02. The highest BCUT2D eigenvalue weighted by Gasteiger charge is 2.05. The Balaban J connectivity index is 0.00000480. The van der Waals surface area contributed by atoms with Crippen LogP contribution in [0.25, 0.3) is 0 Å². The lowest BCUT2D eigenvalue weighted by Crippen LogP contribution is -2.37. The Kier molecular flexibility index (Phi) is 14.5. The number of halogens is 1. The number of nitrogens with one attached hydrogen (secondary N) is 2. The fraction of sp³-hybridized carbons (Fsp3) is 0.458. The molecular weight excluding hydrogens is 505 g/mol. The summed E-state index contributed by atoms with van der Waals surface area (Å²) in [5.41, 5.74) is 2.39. The lowest BCUT2D eigenvalue weighted by molar-refractivity contribution is 0.133. The molecule has 0 aliphatic heterocycles. The Hall–Kier alpha value is -2.00. The topological polar surface area (TPSA) is 64.1 Å². The number of benzene rings is 2. The van der Waals surface area contributed by atoms with Gasteiger partial charge in [0.25, 0.3) is 0 Å². The second-order valence-corrected chi connectivity index (χ2v) is 6.87. The van der Waals surface area contributed by atoms with Crippen LogP contribution in [0, 0.1) is 0 Å². The summed E-state index contributed by atoms with van der Waals surface area (Å²) in [4.78, 5) is 4.66. The maximum Gasteiger partial charge on any atom is 0.191 e. The van der Waals surface area contributed by atoms with Gasteiger partial charge in [-0.05, 0) is 49.4 Å². The van der Waals surface area contributed by atoms with Gasteiger partial charge in [-0.2, -0.15) is 0 Å². The van der Waals surface area contributed by atoms with Crippen LogP contribution < -0.4 is 20.1 Å². The van der Waals surface area contributed by atoms with Gasteiger partial charge in [0.15, 0.2) is 17.5 Å². The van der Waals surface area contributed by atoms with E-state index in [1.807, 2.05) is 24.3 Å². The van der Waals surface area contributed by atoms with E-state index in [1.54, 1.807) is 14.2 Å². The Morgan fingerprint density at radius 2 is 1.65 bits per heavy atom. The van der Waals surface area contributed by atoms with Crippen molar-refractivity contribution in [2.45, 2.75) is 32.7 Å². The minimum absolute atomic E-state index is 0. The minimum Gasteiger partial charge on any atom is -0.493 e. The summed E-state index contributed by atoms with van der Waals surface area (Å²) >= 11 is 0. The Morgan fingerprint density at radius 1 is 0.871 bits per heavy atom. The Labute approximate surface area is 203 Å². The molecule has 2 rings (SSSR count). The van der Waals surface area contributed by atoms with Crippen LogP contribution in [0.1, 0.15) is 30.9 Å². The average Bonchev–Trinajstić information content (AvgIpc) is 2.79. The molecule has 0 fully saturated rings. The summed E-state index contributed by atoms with van der Waals surface area (Å²) in [5, 5.41) is 6.67. The van der Waals surface area contributed by atoms with Gasteiger partial charge in [0.05, 0.1) is 27.4 Å². The first-order valence-corrected chi connectivity index (χ1v) is 10.6. The normalized spacial score (nSPS) is 10.9. The first-order valence-electron chi connectivity index (χ1n) is 10.6. The molecule has 2 aromatic carbocycles. The van der Waals surface area contributed by atoms with Crippen molar-refractivity contribution in [2.75, 3.05) is 40.5 Å². The molecule has 0 radical (unpaired) electrons. The molecule has 0 heterocycles. The van der Waals surface area contributed by atoms with Crippen LogP contribution in [-0.2, 0) is 17.7 Å². The van der Waals surface area contributed by atoms with E-state index in [0.717, 1.165) is 68.6 Å². The van der Waals surface area contributed by atoms with Crippen LogP contribution in [0.15, 0.2) is 53.5 Å². The zero-order valence-corrected chi connectivity index (χ0v) is 21.2. The van der Waals surface area contributed by atoms with Gasteiger partial charge in [0.2, 0.25) is 0 Å². The van der Waals surface area contributed by atoms with E-state index in [9.17, 15) is 0 Å². The summed E-state index contributed by atoms with van der Waals surface area (Å²) in [6.45, 7) is 5.87. The third-order valence-electron chi connectivity index (χ3n) is 4.60. The molecule has 6 nitrogen and oxygen atoms in total. The van der Waals surface area contributed by atoms with Crippen molar-refractivity contribution < 1.29 is 14.2 Å². The molecule has 7 heteroatoms. The summed E-state index contributed by atoms with van der Waals surface area (Å²) in [7, 11) is 3.28. The fourth-order valence-corrected chi connectivity index (χ4v) is 2.96. The molecule has 172 valence electrons. The molecular formula is C24H36IN3O3. The van der Waals surface area contributed by atoms with Gasteiger partial charge < -0.3 is 24.8 Å². The number of guanidine groups is 1. The SMILES string of the molecule is CCNC(=NCc1ccc(OC)c(OC)c1)NCCCCOCCc1ccccc1.I. The van der Waals surface area contributed by atoms with Crippen molar-refractivity contribution in [3.05, 3.63) is 59.7 Å². The van der Waals surface area contributed by atoms with Gasteiger partial charge in [0, 0.05) is 19.7 Å². The zero-order chi connectivity index (χ0) is 21.4. The number of hydrogen-bond acceptors (Lipinski definition) is 4. The fourth-order valence-electron chi connectivity index (χ4n) is 2.96. The number of rotatable bonds is 13. The molecule has 0 atom stereocenters. The van der Waals surface area contributed by atoms with Gasteiger partial charge in [0.1, 0.15) is 0 Å². The predicted octanol–water partition coefficient (Wildman–Crippen LogP) is 4.42.